The molecular formula is C13H16FNO2. The van der Waals surface area contributed by atoms with Gasteiger partial charge in [0.05, 0.1) is 5.60 Å². The summed E-state index contributed by atoms with van der Waals surface area (Å²) in [6.45, 7) is 2.71. The van der Waals surface area contributed by atoms with Gasteiger partial charge in [0.25, 0.3) is 5.91 Å². The highest BCUT2D eigenvalue weighted by Gasteiger charge is 2.31. The van der Waals surface area contributed by atoms with E-state index in [1.165, 1.54) is 24.3 Å². The third kappa shape index (κ3) is 2.82. The van der Waals surface area contributed by atoms with Crippen LogP contribution in [-0.4, -0.2) is 34.6 Å². The van der Waals surface area contributed by atoms with Crippen LogP contribution >= 0.6 is 0 Å². The molecular weight excluding hydrogens is 221 g/mol. The number of halogens is 1. The minimum atomic E-state index is -0.812. The fourth-order valence-corrected chi connectivity index (χ4v) is 2.17. The first-order valence-corrected chi connectivity index (χ1v) is 5.75. The number of hydrogen-bond acceptors (Lipinski definition) is 2. The first-order chi connectivity index (χ1) is 7.98. The zero-order chi connectivity index (χ0) is 12.5. The lowest BCUT2D eigenvalue weighted by Crippen LogP contribution is -2.48. The van der Waals surface area contributed by atoms with Crippen LogP contribution in [0.4, 0.5) is 4.39 Å². The predicted molar refractivity (Wildman–Crippen MR) is 62.2 cm³/mol. The third-order valence-electron chi connectivity index (χ3n) is 3.05. The van der Waals surface area contributed by atoms with Gasteiger partial charge in [-0.2, -0.15) is 0 Å². The van der Waals surface area contributed by atoms with E-state index in [4.69, 9.17) is 0 Å². The van der Waals surface area contributed by atoms with E-state index in [2.05, 4.69) is 0 Å². The molecule has 1 aliphatic rings. The minimum absolute atomic E-state index is 0.148. The lowest BCUT2D eigenvalue weighted by Gasteiger charge is -2.36. The van der Waals surface area contributed by atoms with Gasteiger partial charge in [0.1, 0.15) is 5.82 Å². The van der Waals surface area contributed by atoms with Gasteiger partial charge in [0.2, 0.25) is 0 Å². The Morgan fingerprint density at radius 3 is 2.65 bits per heavy atom. The monoisotopic (exact) mass is 237 g/mol. The Bertz CT molecular complexity index is 414. The van der Waals surface area contributed by atoms with E-state index < -0.39 is 5.60 Å². The van der Waals surface area contributed by atoms with Crippen LogP contribution in [0.3, 0.4) is 0 Å². The largest absolute Gasteiger partial charge is 0.388 e. The van der Waals surface area contributed by atoms with Gasteiger partial charge in [-0.15, -0.1) is 0 Å². The third-order valence-corrected chi connectivity index (χ3v) is 3.05. The molecule has 0 aromatic heterocycles. The molecule has 4 heteroatoms. The van der Waals surface area contributed by atoms with Crippen molar-refractivity contribution in [2.45, 2.75) is 25.4 Å². The van der Waals surface area contributed by atoms with Crippen molar-refractivity contribution in [1.82, 2.24) is 4.90 Å². The van der Waals surface area contributed by atoms with Crippen LogP contribution in [0.15, 0.2) is 24.3 Å². The molecule has 0 aliphatic carbocycles. The van der Waals surface area contributed by atoms with Crippen LogP contribution in [-0.2, 0) is 0 Å². The standard InChI is InChI=1S/C13H16FNO2/c1-13(17)7-2-8-15(9-13)12(16)10-3-5-11(14)6-4-10/h3-6,17H,2,7-9H2,1H3. The number of benzene rings is 1. The smallest absolute Gasteiger partial charge is 0.253 e. The Labute approximate surface area is 99.9 Å². The minimum Gasteiger partial charge on any atom is -0.388 e. The molecule has 1 fully saturated rings. The summed E-state index contributed by atoms with van der Waals surface area (Å²) >= 11 is 0. The summed E-state index contributed by atoms with van der Waals surface area (Å²) in [4.78, 5) is 13.7. The van der Waals surface area contributed by atoms with Gasteiger partial charge in [-0.25, -0.2) is 4.39 Å². The summed E-state index contributed by atoms with van der Waals surface area (Å²) in [5, 5.41) is 9.93. The number of piperidine rings is 1. The molecule has 17 heavy (non-hydrogen) atoms. The molecule has 1 amide bonds. The first kappa shape index (κ1) is 12.0. The van der Waals surface area contributed by atoms with Gasteiger partial charge in [-0.3, -0.25) is 4.79 Å². The number of likely N-dealkylation sites (tertiary alicyclic amines) is 1. The van der Waals surface area contributed by atoms with Gasteiger partial charge in [0.15, 0.2) is 0 Å². The molecule has 1 heterocycles. The van der Waals surface area contributed by atoms with E-state index in [1.54, 1.807) is 11.8 Å². The highest BCUT2D eigenvalue weighted by atomic mass is 19.1. The fourth-order valence-electron chi connectivity index (χ4n) is 2.17. The Morgan fingerprint density at radius 2 is 2.06 bits per heavy atom. The highest BCUT2D eigenvalue weighted by Crippen LogP contribution is 2.21. The number of rotatable bonds is 1. The molecule has 0 spiro atoms. The van der Waals surface area contributed by atoms with Crippen LogP contribution in [0.5, 0.6) is 0 Å². The predicted octanol–water partition coefficient (Wildman–Crippen LogP) is 1.81. The zero-order valence-corrected chi connectivity index (χ0v) is 9.82. The average Bonchev–Trinajstić information content (AvgIpc) is 2.28. The highest BCUT2D eigenvalue weighted by molar-refractivity contribution is 5.94. The van der Waals surface area contributed by atoms with Gasteiger partial charge in [-0.05, 0) is 44.0 Å². The molecule has 92 valence electrons. The quantitative estimate of drug-likeness (QED) is 0.809. The lowest BCUT2D eigenvalue weighted by atomic mass is 9.94. The average molecular weight is 237 g/mol. The molecule has 1 atom stereocenters. The van der Waals surface area contributed by atoms with Gasteiger partial charge in [0, 0.05) is 18.7 Å². The molecule has 0 saturated carbocycles. The number of carbonyl (C=O) groups excluding carboxylic acids is 1. The number of carbonyl (C=O) groups is 1. The Kier molecular flexibility index (Phi) is 3.15. The van der Waals surface area contributed by atoms with Crippen molar-refractivity contribution in [2.75, 3.05) is 13.1 Å². The molecule has 3 nitrogen and oxygen atoms in total. The topological polar surface area (TPSA) is 40.5 Å². The Morgan fingerprint density at radius 1 is 1.41 bits per heavy atom. The van der Waals surface area contributed by atoms with E-state index in [0.717, 1.165) is 6.42 Å². The normalized spacial score (nSPS) is 24.8. The number of β-amino-alcohol motifs (C(OH)–C–C–N with tert-alkyl or cyclic N) is 1. The van der Waals surface area contributed by atoms with E-state index >= 15 is 0 Å². The maximum absolute atomic E-state index is 12.8. The maximum atomic E-state index is 12.8. The second-order valence-corrected chi connectivity index (χ2v) is 4.83. The molecule has 1 aromatic carbocycles. The number of hydrogen-bond donors (Lipinski definition) is 1. The summed E-state index contributed by atoms with van der Waals surface area (Å²) in [5.41, 5.74) is -0.349. The van der Waals surface area contributed by atoms with Crippen LogP contribution in [0, 0.1) is 5.82 Å². The molecule has 2 rings (SSSR count). The van der Waals surface area contributed by atoms with Crippen LogP contribution in [0.25, 0.3) is 0 Å². The second-order valence-electron chi connectivity index (χ2n) is 4.83. The first-order valence-electron chi connectivity index (χ1n) is 5.75. The van der Waals surface area contributed by atoms with E-state index in [-0.39, 0.29) is 11.7 Å². The summed E-state index contributed by atoms with van der Waals surface area (Å²) in [6.07, 6.45) is 1.50. The van der Waals surface area contributed by atoms with E-state index in [9.17, 15) is 14.3 Å². The summed E-state index contributed by atoms with van der Waals surface area (Å²) < 4.78 is 12.8. The summed E-state index contributed by atoms with van der Waals surface area (Å²) in [6, 6.07) is 5.49. The Hall–Kier alpha value is -1.42. The van der Waals surface area contributed by atoms with Crippen molar-refractivity contribution in [3.8, 4) is 0 Å². The fraction of sp³-hybridized carbons (Fsp3) is 0.462. The SMILES string of the molecule is CC1(O)CCCN(C(=O)c2ccc(F)cc2)C1. The van der Waals surface area contributed by atoms with Gasteiger partial charge < -0.3 is 10.0 Å². The maximum Gasteiger partial charge on any atom is 0.253 e. The molecule has 1 saturated heterocycles. The molecule has 1 unspecified atom stereocenters. The van der Waals surface area contributed by atoms with Gasteiger partial charge in [-0.1, -0.05) is 0 Å². The lowest BCUT2D eigenvalue weighted by molar-refractivity contribution is -0.0107. The van der Waals surface area contributed by atoms with Crippen molar-refractivity contribution in [3.05, 3.63) is 35.6 Å². The summed E-state index contributed by atoms with van der Waals surface area (Å²) in [5.74, 6) is -0.503. The van der Waals surface area contributed by atoms with Crippen molar-refractivity contribution in [1.29, 1.82) is 0 Å². The van der Waals surface area contributed by atoms with Crippen molar-refractivity contribution >= 4 is 5.91 Å². The molecule has 1 aliphatic heterocycles. The van der Waals surface area contributed by atoms with Gasteiger partial charge >= 0.3 is 0 Å². The van der Waals surface area contributed by atoms with Crippen LogP contribution < -0.4 is 0 Å². The Balaban J connectivity index is 2.12. The number of aliphatic hydroxyl groups is 1. The summed E-state index contributed by atoms with van der Waals surface area (Å²) in [7, 11) is 0. The molecule has 0 radical (unpaired) electrons. The van der Waals surface area contributed by atoms with E-state index in [0.29, 0.717) is 25.1 Å². The van der Waals surface area contributed by atoms with Crippen LogP contribution in [0.2, 0.25) is 0 Å². The second kappa shape index (κ2) is 4.45. The molecule has 1 N–H and O–H groups in total. The molecule has 0 bridgehead atoms. The van der Waals surface area contributed by atoms with Crippen molar-refractivity contribution < 1.29 is 14.3 Å². The zero-order valence-electron chi connectivity index (χ0n) is 9.82. The van der Waals surface area contributed by atoms with E-state index in [1.807, 2.05) is 0 Å². The number of amides is 1. The van der Waals surface area contributed by atoms with Crippen molar-refractivity contribution in [3.63, 3.8) is 0 Å². The van der Waals surface area contributed by atoms with Crippen molar-refractivity contribution in [2.24, 2.45) is 0 Å². The molecule has 1 aromatic rings. The van der Waals surface area contributed by atoms with Crippen LogP contribution in [0.1, 0.15) is 30.1 Å². The number of nitrogens with zero attached hydrogens (tertiary/aromatic N) is 1.